The molecule has 2 unspecified atom stereocenters. The number of aliphatic hydroxyl groups is 1. The maximum atomic E-state index is 10.3. The van der Waals surface area contributed by atoms with Crippen molar-refractivity contribution in [1.29, 1.82) is 0 Å². The molecule has 118 valence electrons. The Hall–Kier alpha value is -0.970. The summed E-state index contributed by atoms with van der Waals surface area (Å²) in [6.45, 7) is 10.1. The lowest BCUT2D eigenvalue weighted by atomic mass is 9.88. The Morgan fingerprint density at radius 1 is 1.29 bits per heavy atom. The van der Waals surface area contributed by atoms with Gasteiger partial charge in [0.05, 0.1) is 11.1 Å². The van der Waals surface area contributed by atoms with Crippen molar-refractivity contribution in [2.24, 2.45) is 5.41 Å². The van der Waals surface area contributed by atoms with Crippen LogP contribution in [0.4, 0.5) is 0 Å². The summed E-state index contributed by atoms with van der Waals surface area (Å²) in [5, 5.41) is 14.2. The highest BCUT2D eigenvalue weighted by Crippen LogP contribution is 2.39. The summed E-state index contributed by atoms with van der Waals surface area (Å²) in [5.41, 5.74) is 0.877. The van der Waals surface area contributed by atoms with E-state index in [2.05, 4.69) is 33.0 Å². The molecule has 0 aromatic heterocycles. The van der Waals surface area contributed by atoms with Gasteiger partial charge in [-0.05, 0) is 30.0 Å². The van der Waals surface area contributed by atoms with Crippen molar-refractivity contribution in [3.05, 3.63) is 22.7 Å². The van der Waals surface area contributed by atoms with E-state index in [9.17, 15) is 5.11 Å². The lowest BCUT2D eigenvalue weighted by Gasteiger charge is -2.29. The third-order valence-corrected chi connectivity index (χ3v) is 4.20. The third kappa shape index (κ3) is 4.02. The lowest BCUT2D eigenvalue weighted by molar-refractivity contribution is 0.153. The van der Waals surface area contributed by atoms with Crippen LogP contribution in [0.1, 0.15) is 39.4 Å². The van der Waals surface area contributed by atoms with Crippen LogP contribution in [0.15, 0.2) is 12.1 Å². The predicted molar refractivity (Wildman–Crippen MR) is 84.3 cm³/mol. The second-order valence-electron chi connectivity index (χ2n) is 6.54. The summed E-state index contributed by atoms with van der Waals surface area (Å²) in [6, 6.07) is 3.83. The fourth-order valence-electron chi connectivity index (χ4n) is 2.04. The number of nitrogens with one attached hydrogen (secondary N) is 1. The second kappa shape index (κ2) is 6.42. The minimum atomic E-state index is -0.636. The van der Waals surface area contributed by atoms with Crippen LogP contribution in [-0.4, -0.2) is 30.9 Å². The minimum absolute atomic E-state index is 0.143. The van der Waals surface area contributed by atoms with Gasteiger partial charge < -0.3 is 19.9 Å². The van der Waals surface area contributed by atoms with Crippen LogP contribution in [0.5, 0.6) is 11.5 Å². The molecule has 0 bridgehead atoms. The highest BCUT2D eigenvalue weighted by Gasteiger charge is 2.22. The number of ether oxygens (including phenoxy) is 2. The monoisotopic (exact) mass is 313 g/mol. The van der Waals surface area contributed by atoms with Crippen molar-refractivity contribution in [1.82, 2.24) is 5.32 Å². The Labute approximate surface area is 131 Å². The second-order valence-corrected chi connectivity index (χ2v) is 6.95. The van der Waals surface area contributed by atoms with Crippen LogP contribution in [0.3, 0.4) is 0 Å². The molecular weight excluding hydrogens is 290 g/mol. The lowest BCUT2D eigenvalue weighted by Crippen LogP contribution is -2.39. The molecule has 2 N–H and O–H groups in total. The van der Waals surface area contributed by atoms with Gasteiger partial charge in [-0.25, -0.2) is 0 Å². The number of rotatable bonds is 4. The summed E-state index contributed by atoms with van der Waals surface area (Å²) in [5.74, 6) is 1.17. The quantitative estimate of drug-likeness (QED) is 0.896. The van der Waals surface area contributed by atoms with E-state index in [1.165, 1.54) is 0 Å². The van der Waals surface area contributed by atoms with Gasteiger partial charge in [-0.3, -0.25) is 0 Å². The van der Waals surface area contributed by atoms with E-state index in [4.69, 9.17) is 21.1 Å². The molecule has 0 fully saturated rings. The molecular formula is C16H24ClNO3. The zero-order valence-corrected chi connectivity index (χ0v) is 13.8. The van der Waals surface area contributed by atoms with Crippen LogP contribution >= 0.6 is 11.6 Å². The van der Waals surface area contributed by atoms with E-state index in [-0.39, 0.29) is 5.41 Å². The number of halogens is 1. The Morgan fingerprint density at radius 3 is 2.62 bits per heavy atom. The molecule has 2 atom stereocenters. The molecule has 1 aliphatic heterocycles. The molecule has 4 nitrogen and oxygen atoms in total. The van der Waals surface area contributed by atoms with E-state index in [1.54, 1.807) is 12.1 Å². The highest BCUT2D eigenvalue weighted by atomic mass is 35.5. The average molecular weight is 314 g/mol. The Kier molecular flexibility index (Phi) is 5.02. The Balaban J connectivity index is 2.06. The van der Waals surface area contributed by atoms with E-state index in [1.807, 2.05) is 0 Å². The van der Waals surface area contributed by atoms with Gasteiger partial charge in [0.2, 0.25) is 0 Å². The van der Waals surface area contributed by atoms with E-state index < -0.39 is 6.10 Å². The standard InChI is InChI=1S/C16H24ClNO3/c1-10(16(2,3)4)18-9-13(19)11-7-12(17)15-14(8-11)20-5-6-21-15/h7-8,10,13,18-19H,5-6,9H2,1-4H3. The summed E-state index contributed by atoms with van der Waals surface area (Å²) in [6.07, 6.45) is -0.636. The maximum absolute atomic E-state index is 10.3. The van der Waals surface area contributed by atoms with Crippen molar-refractivity contribution in [2.75, 3.05) is 19.8 Å². The molecule has 0 saturated carbocycles. The first-order valence-corrected chi connectivity index (χ1v) is 7.67. The zero-order valence-electron chi connectivity index (χ0n) is 13.1. The van der Waals surface area contributed by atoms with Crippen LogP contribution in [0, 0.1) is 5.41 Å². The molecule has 21 heavy (non-hydrogen) atoms. The van der Waals surface area contributed by atoms with Crippen molar-refractivity contribution < 1.29 is 14.6 Å². The van der Waals surface area contributed by atoms with Gasteiger partial charge in [0.25, 0.3) is 0 Å². The summed E-state index contributed by atoms with van der Waals surface area (Å²) < 4.78 is 11.0. The van der Waals surface area contributed by atoms with Gasteiger partial charge in [-0.2, -0.15) is 0 Å². The average Bonchev–Trinajstić information content (AvgIpc) is 2.43. The normalized spacial score (nSPS) is 17.4. The van der Waals surface area contributed by atoms with Crippen LogP contribution < -0.4 is 14.8 Å². The fraction of sp³-hybridized carbons (Fsp3) is 0.625. The number of aliphatic hydroxyl groups excluding tert-OH is 1. The molecule has 1 heterocycles. The van der Waals surface area contributed by atoms with E-state index >= 15 is 0 Å². The Bertz CT molecular complexity index is 499. The fourth-order valence-corrected chi connectivity index (χ4v) is 2.31. The molecule has 0 saturated heterocycles. The molecule has 0 spiro atoms. The first-order valence-electron chi connectivity index (χ1n) is 7.29. The molecule has 5 heteroatoms. The number of fused-ring (bicyclic) bond motifs is 1. The molecule has 0 amide bonds. The van der Waals surface area contributed by atoms with Crippen molar-refractivity contribution in [3.8, 4) is 11.5 Å². The summed E-state index contributed by atoms with van der Waals surface area (Å²) in [4.78, 5) is 0. The van der Waals surface area contributed by atoms with Crippen LogP contribution in [-0.2, 0) is 0 Å². The third-order valence-electron chi connectivity index (χ3n) is 3.92. The maximum Gasteiger partial charge on any atom is 0.179 e. The van der Waals surface area contributed by atoms with Crippen LogP contribution in [0.2, 0.25) is 5.02 Å². The molecule has 1 aliphatic rings. The number of hydrogen-bond acceptors (Lipinski definition) is 4. The minimum Gasteiger partial charge on any atom is -0.486 e. The number of benzene rings is 1. The van der Waals surface area contributed by atoms with Crippen molar-refractivity contribution in [3.63, 3.8) is 0 Å². The van der Waals surface area contributed by atoms with Crippen LogP contribution in [0.25, 0.3) is 0 Å². The van der Waals surface area contributed by atoms with Crippen molar-refractivity contribution >= 4 is 11.6 Å². The number of hydrogen-bond donors (Lipinski definition) is 2. The van der Waals surface area contributed by atoms with Gasteiger partial charge in [0, 0.05) is 12.6 Å². The van der Waals surface area contributed by atoms with Crippen molar-refractivity contribution in [2.45, 2.75) is 39.8 Å². The largest absolute Gasteiger partial charge is 0.486 e. The SMILES string of the molecule is CC(NCC(O)c1cc(Cl)c2c(c1)OCCO2)C(C)(C)C. The smallest absolute Gasteiger partial charge is 0.179 e. The van der Waals surface area contributed by atoms with Gasteiger partial charge in [0.15, 0.2) is 11.5 Å². The topological polar surface area (TPSA) is 50.7 Å². The van der Waals surface area contributed by atoms with E-state index in [0.717, 1.165) is 5.56 Å². The first kappa shape index (κ1) is 16.4. The highest BCUT2D eigenvalue weighted by molar-refractivity contribution is 6.32. The molecule has 0 aliphatic carbocycles. The summed E-state index contributed by atoms with van der Waals surface area (Å²) in [7, 11) is 0. The predicted octanol–water partition coefficient (Wildman–Crippen LogP) is 3.17. The van der Waals surface area contributed by atoms with Gasteiger partial charge in [0.1, 0.15) is 13.2 Å². The Morgan fingerprint density at radius 2 is 1.95 bits per heavy atom. The molecule has 1 aromatic carbocycles. The zero-order chi connectivity index (χ0) is 15.6. The molecule has 0 radical (unpaired) electrons. The van der Waals surface area contributed by atoms with E-state index in [0.29, 0.717) is 42.3 Å². The van der Waals surface area contributed by atoms with Gasteiger partial charge in [-0.15, -0.1) is 0 Å². The van der Waals surface area contributed by atoms with Gasteiger partial charge in [-0.1, -0.05) is 32.4 Å². The summed E-state index contributed by atoms with van der Waals surface area (Å²) >= 11 is 6.19. The molecule has 1 aromatic rings. The first-order chi connectivity index (χ1) is 9.79. The molecule has 2 rings (SSSR count). The van der Waals surface area contributed by atoms with Gasteiger partial charge >= 0.3 is 0 Å².